The number of hydrogen-bond donors (Lipinski definition) is 16. The van der Waals surface area contributed by atoms with Gasteiger partial charge in [0.2, 0.25) is 36.8 Å². The number of aliphatic hydroxyl groups excluding tert-OH is 1. The third-order valence-corrected chi connectivity index (χ3v) is 8.70. The van der Waals surface area contributed by atoms with E-state index in [0.717, 1.165) is 23.1 Å². The van der Waals surface area contributed by atoms with Crippen LogP contribution in [-0.2, 0) is 35.3 Å². The van der Waals surface area contributed by atoms with Gasteiger partial charge in [-0.3, -0.25) is 38.9 Å². The van der Waals surface area contributed by atoms with Crippen molar-refractivity contribution < 1.29 is 53.4 Å². The summed E-state index contributed by atoms with van der Waals surface area (Å²) in [6, 6.07) is 14.1. The summed E-state index contributed by atoms with van der Waals surface area (Å²) < 4.78 is 5.17. The van der Waals surface area contributed by atoms with Crippen LogP contribution in [0.5, 0.6) is 5.75 Å². The fourth-order valence-corrected chi connectivity index (χ4v) is 5.69. The highest BCUT2D eigenvalue weighted by molar-refractivity contribution is 6.00. The highest BCUT2D eigenvalue weighted by Gasteiger charge is 2.35. The van der Waals surface area contributed by atoms with Gasteiger partial charge in [0.1, 0.15) is 11.8 Å². The Kier molecular flexibility index (Phi) is 18.8. The Hall–Kier alpha value is -10.0. The minimum absolute atomic E-state index is 0.0166. The van der Waals surface area contributed by atoms with Gasteiger partial charge in [-0.2, -0.15) is 0 Å². The number of hydrogen-bond acceptors (Lipinski definition) is 16. The molecule has 0 spiro atoms. The molecule has 0 aromatic heterocycles. The highest BCUT2D eigenvalue weighted by atomic mass is 16.6. The van der Waals surface area contributed by atoms with E-state index in [1.54, 1.807) is 6.07 Å². The number of aliphatic imine (C=N–C) groups is 4. The van der Waals surface area contributed by atoms with Gasteiger partial charge < -0.3 is 98.0 Å². The molecule has 0 fully saturated rings. The molecule has 0 aliphatic rings. The van der Waals surface area contributed by atoms with Crippen molar-refractivity contribution in [2.24, 2.45) is 71.6 Å². The predicted molar refractivity (Wildman–Crippen MR) is 243 cm³/mol. The largest absolute Gasteiger partial charge is 0.497 e. The number of rotatable bonds is 23. The number of carboxylic acids is 1. The second-order valence-corrected chi connectivity index (χ2v) is 13.7. The lowest BCUT2D eigenvalue weighted by Gasteiger charge is -2.31. The molecule has 0 heterocycles. The lowest BCUT2D eigenvalue weighted by Crippen LogP contribution is -2.58. The third-order valence-electron chi connectivity index (χ3n) is 8.70. The molecule has 0 bridgehead atoms. The molecule has 0 aliphatic carbocycles. The Morgan fingerprint density at radius 2 is 1.09 bits per heavy atom. The van der Waals surface area contributed by atoms with E-state index in [-0.39, 0.29) is 11.3 Å². The Balaban J connectivity index is 2.01. The van der Waals surface area contributed by atoms with Gasteiger partial charge in [0, 0.05) is 18.7 Å². The molecule has 0 aliphatic heterocycles. The summed E-state index contributed by atoms with van der Waals surface area (Å²) in [5.74, 6) is -12.5. The van der Waals surface area contributed by atoms with E-state index in [4.69, 9.17) is 56.3 Å². The second kappa shape index (κ2) is 24.3. The molecule has 25 N–H and O–H groups in total. The number of carbonyl (C=O) groups is 7. The fourth-order valence-electron chi connectivity index (χ4n) is 5.69. The Bertz CT molecular complexity index is 2520. The van der Waals surface area contributed by atoms with Gasteiger partial charge in [0.05, 0.1) is 23.3 Å². The van der Waals surface area contributed by atoms with E-state index in [1.165, 1.54) is 55.6 Å². The molecular formula is C37H48N20O12. The number of nitrogens with zero attached hydrogens (tertiary/aromatic N) is 6. The fraction of sp³-hybridized carbons (Fsp3) is 0.216. The van der Waals surface area contributed by atoms with Gasteiger partial charge in [-0.25, -0.2) is 24.8 Å². The number of nitrogens with two attached hydrogens (primary N) is 9. The number of aliphatic hydroxyl groups is 1. The summed E-state index contributed by atoms with van der Waals surface area (Å²) in [7, 11) is 1.40. The molecule has 6 atom stereocenters. The van der Waals surface area contributed by atoms with Crippen LogP contribution in [0.1, 0.15) is 27.5 Å². The molecule has 32 heteroatoms. The Morgan fingerprint density at radius 1 is 0.638 bits per heavy atom. The van der Waals surface area contributed by atoms with E-state index in [2.05, 4.69) is 30.6 Å². The quantitative estimate of drug-likeness (QED) is 0.0138. The minimum Gasteiger partial charge on any atom is -0.497 e. The van der Waals surface area contributed by atoms with E-state index in [0.29, 0.717) is 11.3 Å². The van der Waals surface area contributed by atoms with Gasteiger partial charge in [0.25, 0.3) is 35.2 Å². The molecule has 0 saturated heterocycles. The van der Waals surface area contributed by atoms with Crippen LogP contribution in [0.15, 0.2) is 92.8 Å². The molecule has 6 unspecified atom stereocenters. The minimum atomic E-state index is -2.35. The molecule has 0 radical (unpaired) electrons. The van der Waals surface area contributed by atoms with E-state index in [9.17, 15) is 53.9 Å². The molecule has 3 rings (SSSR count). The number of anilines is 1. The first kappa shape index (κ1) is 53.3. The zero-order valence-electron chi connectivity index (χ0n) is 36.0. The summed E-state index contributed by atoms with van der Waals surface area (Å²) in [6.45, 7) is -0.403. The maximum atomic E-state index is 14.2. The zero-order chi connectivity index (χ0) is 51.7. The van der Waals surface area contributed by atoms with Crippen molar-refractivity contribution in [1.82, 2.24) is 26.6 Å². The summed E-state index contributed by atoms with van der Waals surface area (Å²) >= 11 is 0. The first-order valence-corrected chi connectivity index (χ1v) is 19.2. The van der Waals surface area contributed by atoms with Crippen LogP contribution < -0.4 is 87.8 Å². The molecule has 3 aromatic carbocycles. The van der Waals surface area contributed by atoms with Gasteiger partial charge in [-0.15, -0.1) is 0 Å². The van der Waals surface area contributed by atoms with Gasteiger partial charge in [0.15, 0.2) is 23.8 Å². The number of aromatic carboxylic acids is 1. The number of carbonyl (C=O) groups excluding carboxylic acids is 6. The topological polar surface area (TPSA) is 559 Å². The number of nitrogens with one attached hydrogen (secondary N) is 5. The maximum Gasteiger partial charge on any atom is 0.338 e. The normalized spacial score (nSPS) is 13.0. The Labute approximate surface area is 388 Å². The lowest BCUT2D eigenvalue weighted by molar-refractivity contribution is -0.384. The molecule has 32 nitrogen and oxygen atoms in total. The van der Waals surface area contributed by atoms with Crippen LogP contribution >= 0.6 is 0 Å². The van der Waals surface area contributed by atoms with Crippen molar-refractivity contribution in [2.75, 3.05) is 12.0 Å². The molecule has 368 valence electrons. The van der Waals surface area contributed by atoms with Crippen molar-refractivity contribution in [3.05, 3.63) is 99.6 Å². The number of benzene rings is 3. The van der Waals surface area contributed by atoms with E-state index < -0.39 is 125 Å². The van der Waals surface area contributed by atoms with Gasteiger partial charge in [-0.05, 0) is 29.3 Å². The standard InChI is InChI=1S/C37H48N20O12/c1-69-18-10-7-15(8-11-18)14-56(20-12-9-17(57(67)68)13-19(20)33(65)66)32(64)31(63)47-21(16-5-3-2-4-6-16)27(59)49-24(53-35(41)42)29(61)51-26(55-37(45)46)30(62)50-25(54-36(43)44)28(60)48-23(22(38)58)52-34(39)40/h2-13,21,23-26,32,64H,14H2,1H3,(H2,38,58)(H,47,63)(H,48,60)(H,49,59)(H,50,62)(H,51,61)(H,65,66)(H4,39,40,52)(H4,41,42,53)(H4,43,44,54)(H4,45,46,55). The summed E-state index contributed by atoms with van der Waals surface area (Å²) in [5, 5.41) is 43.8. The van der Waals surface area contributed by atoms with Crippen LogP contribution in [0.4, 0.5) is 11.4 Å². The summed E-state index contributed by atoms with van der Waals surface area (Å²) in [5.41, 5.74) is 47.4. The van der Waals surface area contributed by atoms with Gasteiger partial charge in [-0.1, -0.05) is 42.5 Å². The van der Waals surface area contributed by atoms with Crippen LogP contribution in [0, 0.1) is 10.1 Å². The number of guanidine groups is 4. The number of non-ortho nitro benzene ring substituents is 1. The maximum absolute atomic E-state index is 14.2. The number of carboxylic acid groups (broad SMARTS) is 1. The molecule has 6 amide bonds. The average molecular weight is 965 g/mol. The first-order valence-electron chi connectivity index (χ1n) is 19.2. The van der Waals surface area contributed by atoms with Crippen molar-refractivity contribution >= 4 is 76.6 Å². The van der Waals surface area contributed by atoms with Crippen LogP contribution in [0.2, 0.25) is 0 Å². The van der Waals surface area contributed by atoms with E-state index >= 15 is 0 Å². The number of ether oxygens (including phenoxy) is 1. The van der Waals surface area contributed by atoms with E-state index in [1.807, 2.05) is 16.0 Å². The van der Waals surface area contributed by atoms with Crippen LogP contribution in [-0.4, -0.2) is 118 Å². The van der Waals surface area contributed by atoms with Crippen molar-refractivity contribution in [2.45, 2.75) is 43.5 Å². The molecule has 3 aromatic rings. The zero-order valence-corrected chi connectivity index (χ0v) is 36.0. The molecule has 0 saturated carbocycles. The SMILES string of the molecule is COc1ccc(CN(c2ccc([N+](=O)[O-])cc2C(=O)O)C(O)C(=O)NC(C(=O)NC(N=C(N)N)C(=O)NC(N=C(N)N)C(=O)NC(N=C(N)N)C(=O)NC(N=C(N)N)C(N)=O)c2ccccc2)cc1. The van der Waals surface area contributed by atoms with Crippen LogP contribution in [0.25, 0.3) is 0 Å². The summed E-state index contributed by atoms with van der Waals surface area (Å²) in [6.07, 6.45) is -10.8. The van der Waals surface area contributed by atoms with Crippen molar-refractivity contribution in [3.63, 3.8) is 0 Å². The average Bonchev–Trinajstić information content (AvgIpc) is 3.28. The number of primary amides is 1. The van der Waals surface area contributed by atoms with Crippen molar-refractivity contribution in [1.29, 1.82) is 0 Å². The van der Waals surface area contributed by atoms with Gasteiger partial charge >= 0.3 is 5.97 Å². The monoisotopic (exact) mass is 964 g/mol. The number of methoxy groups -OCH3 is 1. The second-order valence-electron chi connectivity index (χ2n) is 13.7. The number of nitro benzene ring substituents is 1. The first-order chi connectivity index (χ1) is 32.4. The Morgan fingerprint density at radius 3 is 1.51 bits per heavy atom. The number of amides is 6. The highest BCUT2D eigenvalue weighted by Crippen LogP contribution is 2.29. The number of nitro groups is 1. The lowest BCUT2D eigenvalue weighted by atomic mass is 10.1. The summed E-state index contributed by atoms with van der Waals surface area (Å²) in [4.78, 5) is 119. The van der Waals surface area contributed by atoms with Crippen molar-refractivity contribution in [3.8, 4) is 5.75 Å². The third kappa shape index (κ3) is 15.9. The predicted octanol–water partition coefficient (Wildman–Crippen LogP) is -7.17. The molecule has 69 heavy (non-hydrogen) atoms. The molecular weight excluding hydrogens is 917 g/mol. The smallest absolute Gasteiger partial charge is 0.338 e. The van der Waals surface area contributed by atoms with Crippen LogP contribution in [0.3, 0.4) is 0 Å².